The average Bonchev–Trinajstić information content (AvgIpc) is 2.51. The number of hydrogen-bond donors (Lipinski definition) is 2. The highest BCUT2D eigenvalue weighted by molar-refractivity contribution is 5.03. The first-order chi connectivity index (χ1) is 10.5. The first-order valence-electron chi connectivity index (χ1n) is 9.94. The van der Waals surface area contributed by atoms with Crippen LogP contribution in [0.4, 0.5) is 0 Å². The molecule has 5 unspecified atom stereocenters. The topological polar surface area (TPSA) is 24.1 Å². The van der Waals surface area contributed by atoms with Crippen molar-refractivity contribution in [3.63, 3.8) is 0 Å². The SMILES string of the molecule is CC1CCCC(NCCNC[C@@H]2CCC3CC2C3(C)C)C1C. The smallest absolute Gasteiger partial charge is 0.00957 e. The summed E-state index contributed by atoms with van der Waals surface area (Å²) in [5.41, 5.74) is 0.635. The zero-order valence-electron chi connectivity index (χ0n) is 15.3. The Balaban J connectivity index is 1.31. The summed E-state index contributed by atoms with van der Waals surface area (Å²) in [6.07, 6.45) is 8.68. The summed E-state index contributed by atoms with van der Waals surface area (Å²) in [6.45, 7) is 13.4. The monoisotopic (exact) mass is 306 g/mol. The van der Waals surface area contributed by atoms with Crippen LogP contribution in [-0.2, 0) is 0 Å². The Kier molecular flexibility index (Phi) is 5.19. The number of hydrogen-bond acceptors (Lipinski definition) is 2. The molecule has 4 aliphatic carbocycles. The second kappa shape index (κ2) is 6.81. The highest BCUT2D eigenvalue weighted by atomic mass is 15.0. The van der Waals surface area contributed by atoms with Crippen molar-refractivity contribution in [2.45, 2.75) is 72.3 Å². The van der Waals surface area contributed by atoms with Crippen molar-refractivity contribution in [2.24, 2.45) is 35.0 Å². The molecule has 2 nitrogen and oxygen atoms in total. The van der Waals surface area contributed by atoms with Crippen LogP contribution in [0.3, 0.4) is 0 Å². The van der Waals surface area contributed by atoms with Crippen molar-refractivity contribution in [3.8, 4) is 0 Å². The Morgan fingerprint density at radius 3 is 2.55 bits per heavy atom. The molecule has 0 aromatic rings. The summed E-state index contributed by atoms with van der Waals surface area (Å²) in [7, 11) is 0. The van der Waals surface area contributed by atoms with E-state index in [-0.39, 0.29) is 0 Å². The number of fused-ring (bicyclic) bond motifs is 2. The maximum Gasteiger partial charge on any atom is 0.00957 e. The molecular formula is C20H38N2. The Morgan fingerprint density at radius 1 is 1.00 bits per heavy atom. The van der Waals surface area contributed by atoms with Gasteiger partial charge in [-0.1, -0.05) is 40.5 Å². The van der Waals surface area contributed by atoms with E-state index in [2.05, 4.69) is 38.3 Å². The first-order valence-corrected chi connectivity index (χ1v) is 9.94. The third-order valence-electron chi connectivity index (χ3n) is 7.82. The first kappa shape index (κ1) is 16.8. The summed E-state index contributed by atoms with van der Waals surface area (Å²) in [5.74, 6) is 4.71. The molecular weight excluding hydrogens is 268 g/mol. The summed E-state index contributed by atoms with van der Waals surface area (Å²) >= 11 is 0. The van der Waals surface area contributed by atoms with Gasteiger partial charge in [0.05, 0.1) is 0 Å². The van der Waals surface area contributed by atoms with Crippen molar-refractivity contribution in [1.82, 2.24) is 10.6 Å². The van der Waals surface area contributed by atoms with Gasteiger partial charge in [-0.05, 0) is 67.2 Å². The molecule has 6 atom stereocenters. The molecule has 0 saturated heterocycles. The van der Waals surface area contributed by atoms with Crippen molar-refractivity contribution in [2.75, 3.05) is 19.6 Å². The predicted molar refractivity (Wildman–Crippen MR) is 94.9 cm³/mol. The molecule has 0 aliphatic heterocycles. The van der Waals surface area contributed by atoms with Crippen LogP contribution in [0.5, 0.6) is 0 Å². The minimum Gasteiger partial charge on any atom is -0.315 e. The van der Waals surface area contributed by atoms with E-state index in [1.54, 1.807) is 0 Å². The molecule has 0 amide bonds. The lowest BCUT2D eigenvalue weighted by atomic mass is 9.45. The van der Waals surface area contributed by atoms with Crippen molar-refractivity contribution in [1.29, 1.82) is 0 Å². The van der Waals surface area contributed by atoms with Gasteiger partial charge in [0.25, 0.3) is 0 Å². The largest absolute Gasteiger partial charge is 0.315 e. The van der Waals surface area contributed by atoms with Crippen LogP contribution in [0, 0.1) is 35.0 Å². The van der Waals surface area contributed by atoms with Crippen LogP contribution in [0.15, 0.2) is 0 Å². The maximum atomic E-state index is 3.81. The average molecular weight is 307 g/mol. The quantitative estimate of drug-likeness (QED) is 0.723. The minimum atomic E-state index is 0.635. The van der Waals surface area contributed by atoms with Gasteiger partial charge in [-0.15, -0.1) is 0 Å². The van der Waals surface area contributed by atoms with E-state index < -0.39 is 0 Å². The van der Waals surface area contributed by atoms with Gasteiger partial charge in [-0.25, -0.2) is 0 Å². The van der Waals surface area contributed by atoms with Crippen molar-refractivity contribution < 1.29 is 0 Å². The Bertz CT molecular complexity index is 363. The molecule has 0 heterocycles. The lowest BCUT2D eigenvalue weighted by Gasteiger charge is -2.60. The summed E-state index contributed by atoms with van der Waals surface area (Å²) in [4.78, 5) is 0. The molecule has 0 radical (unpaired) electrons. The summed E-state index contributed by atoms with van der Waals surface area (Å²) in [5, 5.41) is 7.57. The molecule has 2 bridgehead atoms. The van der Waals surface area contributed by atoms with Crippen LogP contribution in [0.2, 0.25) is 0 Å². The van der Waals surface area contributed by atoms with Crippen LogP contribution in [-0.4, -0.2) is 25.7 Å². The van der Waals surface area contributed by atoms with E-state index in [0.29, 0.717) is 5.41 Å². The van der Waals surface area contributed by atoms with Gasteiger partial charge in [-0.2, -0.15) is 0 Å². The fourth-order valence-electron chi connectivity index (χ4n) is 5.71. The predicted octanol–water partition coefficient (Wildman–Crippen LogP) is 4.06. The molecule has 4 rings (SSSR count). The van der Waals surface area contributed by atoms with Crippen LogP contribution >= 0.6 is 0 Å². The van der Waals surface area contributed by atoms with E-state index in [1.165, 1.54) is 45.1 Å². The third kappa shape index (κ3) is 3.24. The van der Waals surface area contributed by atoms with Gasteiger partial charge < -0.3 is 10.6 Å². The Labute approximate surface area is 138 Å². The molecule has 4 saturated carbocycles. The standard InChI is InChI=1S/C20H38N2/c1-14-6-5-7-19(15(14)2)22-11-10-21-13-16-8-9-17-12-18(16)20(17,3)4/h14-19,21-22H,5-13H2,1-4H3/t14?,15?,16-,17?,18?,19?/m0/s1. The molecule has 4 fully saturated rings. The van der Waals surface area contributed by atoms with Gasteiger partial charge >= 0.3 is 0 Å². The van der Waals surface area contributed by atoms with Gasteiger partial charge in [0, 0.05) is 19.1 Å². The fourth-order valence-corrected chi connectivity index (χ4v) is 5.71. The molecule has 128 valence electrons. The van der Waals surface area contributed by atoms with Gasteiger partial charge in [0.2, 0.25) is 0 Å². The van der Waals surface area contributed by atoms with Crippen molar-refractivity contribution >= 4 is 0 Å². The zero-order valence-corrected chi connectivity index (χ0v) is 15.3. The molecule has 2 N–H and O–H groups in total. The number of nitrogens with one attached hydrogen (secondary N) is 2. The van der Waals surface area contributed by atoms with Crippen LogP contribution in [0.25, 0.3) is 0 Å². The molecule has 0 aromatic carbocycles. The van der Waals surface area contributed by atoms with Gasteiger partial charge in [0.15, 0.2) is 0 Å². The fraction of sp³-hybridized carbons (Fsp3) is 1.00. The van der Waals surface area contributed by atoms with E-state index in [1.807, 2.05) is 0 Å². The normalized spacial score (nSPS) is 43.6. The highest BCUT2D eigenvalue weighted by Crippen LogP contribution is 2.61. The van der Waals surface area contributed by atoms with E-state index in [0.717, 1.165) is 48.7 Å². The highest BCUT2D eigenvalue weighted by Gasteiger charge is 2.53. The van der Waals surface area contributed by atoms with E-state index >= 15 is 0 Å². The molecule has 2 heteroatoms. The second-order valence-electron chi connectivity index (χ2n) is 9.23. The second-order valence-corrected chi connectivity index (χ2v) is 9.23. The molecule has 22 heavy (non-hydrogen) atoms. The van der Waals surface area contributed by atoms with E-state index in [9.17, 15) is 0 Å². The van der Waals surface area contributed by atoms with E-state index in [4.69, 9.17) is 0 Å². The molecule has 4 aliphatic rings. The lowest BCUT2D eigenvalue weighted by Crippen LogP contribution is -2.54. The lowest BCUT2D eigenvalue weighted by molar-refractivity contribution is -0.103. The van der Waals surface area contributed by atoms with Crippen molar-refractivity contribution in [3.05, 3.63) is 0 Å². The number of rotatable bonds is 6. The molecule has 0 spiro atoms. The van der Waals surface area contributed by atoms with Crippen LogP contribution < -0.4 is 10.6 Å². The van der Waals surface area contributed by atoms with Gasteiger partial charge in [0.1, 0.15) is 0 Å². The maximum absolute atomic E-state index is 3.81. The summed E-state index contributed by atoms with van der Waals surface area (Å²) < 4.78 is 0. The van der Waals surface area contributed by atoms with Crippen LogP contribution in [0.1, 0.15) is 66.2 Å². The Morgan fingerprint density at radius 2 is 1.82 bits per heavy atom. The Hall–Kier alpha value is -0.0800. The minimum absolute atomic E-state index is 0.635. The van der Waals surface area contributed by atoms with Gasteiger partial charge in [-0.3, -0.25) is 0 Å². The zero-order chi connectivity index (χ0) is 15.7. The third-order valence-corrected chi connectivity index (χ3v) is 7.82. The summed E-state index contributed by atoms with van der Waals surface area (Å²) in [6, 6.07) is 0.756. The molecule has 0 aromatic heterocycles.